The lowest BCUT2D eigenvalue weighted by Gasteiger charge is -2.33. The summed E-state index contributed by atoms with van der Waals surface area (Å²) in [6.45, 7) is 4.17. The molecule has 2 aromatic heterocycles. The summed E-state index contributed by atoms with van der Waals surface area (Å²) < 4.78 is 50.3. The number of alkyl halides is 3. The van der Waals surface area contributed by atoms with Gasteiger partial charge in [-0.25, -0.2) is 4.98 Å². The van der Waals surface area contributed by atoms with Crippen molar-refractivity contribution in [3.8, 4) is 22.8 Å². The summed E-state index contributed by atoms with van der Waals surface area (Å²) in [5, 5.41) is 7.06. The summed E-state index contributed by atoms with van der Waals surface area (Å²) in [6, 6.07) is 11.6. The number of anilines is 2. The second-order valence-corrected chi connectivity index (χ2v) is 10.0. The first-order valence-corrected chi connectivity index (χ1v) is 13.3. The molecule has 8 nitrogen and oxygen atoms in total. The average Bonchev–Trinajstić information content (AvgIpc) is 3.40. The molecule has 1 aliphatic rings. The maximum atomic E-state index is 13.1. The molecule has 3 heterocycles. The molecule has 5 rings (SSSR count). The summed E-state index contributed by atoms with van der Waals surface area (Å²) >= 11 is 0. The van der Waals surface area contributed by atoms with Crippen molar-refractivity contribution in [1.82, 2.24) is 25.1 Å². The zero-order valence-electron chi connectivity index (χ0n) is 22.8. The molecular weight excluding hydrogens is 521 g/mol. The Labute approximate surface area is 231 Å². The third-order valence-electron chi connectivity index (χ3n) is 7.50. The van der Waals surface area contributed by atoms with Crippen LogP contribution in [0.4, 0.5) is 24.5 Å². The lowest BCUT2D eigenvalue weighted by Crippen LogP contribution is -2.40. The van der Waals surface area contributed by atoms with Crippen LogP contribution in [0.3, 0.4) is 0 Å². The molecule has 2 aromatic carbocycles. The smallest absolute Gasteiger partial charge is 0.391 e. The zero-order valence-corrected chi connectivity index (χ0v) is 22.8. The fourth-order valence-electron chi connectivity index (χ4n) is 5.21. The number of piperidine rings is 1. The lowest BCUT2D eigenvalue weighted by molar-refractivity contribution is -0.185. The van der Waals surface area contributed by atoms with Crippen LogP contribution < -0.4 is 14.4 Å². The lowest BCUT2D eigenvalue weighted by atomic mass is 9.96. The van der Waals surface area contributed by atoms with E-state index in [4.69, 9.17) is 14.5 Å². The van der Waals surface area contributed by atoms with E-state index in [9.17, 15) is 13.2 Å². The van der Waals surface area contributed by atoms with E-state index in [-0.39, 0.29) is 12.8 Å². The van der Waals surface area contributed by atoms with Crippen molar-refractivity contribution in [2.24, 2.45) is 5.92 Å². The summed E-state index contributed by atoms with van der Waals surface area (Å²) in [6.07, 6.45) is 0.510. The van der Waals surface area contributed by atoms with Crippen molar-refractivity contribution < 1.29 is 22.6 Å². The molecule has 0 saturated carbocycles. The number of H-pyrrole nitrogens is 1. The number of aromatic amines is 1. The Kier molecular flexibility index (Phi) is 8.11. The second-order valence-electron chi connectivity index (χ2n) is 10.0. The number of nitrogens with one attached hydrogen (secondary N) is 1. The normalized spacial score (nSPS) is 14.9. The Morgan fingerprint density at radius 2 is 1.73 bits per heavy atom. The molecular formula is C29H33F3N6O2. The zero-order chi connectivity index (χ0) is 28.3. The first kappa shape index (κ1) is 27.7. The fourth-order valence-corrected chi connectivity index (χ4v) is 5.21. The van der Waals surface area contributed by atoms with E-state index >= 15 is 0 Å². The highest BCUT2D eigenvalue weighted by molar-refractivity contribution is 5.83. The van der Waals surface area contributed by atoms with Crippen molar-refractivity contribution in [3.05, 3.63) is 54.5 Å². The number of rotatable bonds is 9. The van der Waals surface area contributed by atoms with E-state index in [1.165, 1.54) is 0 Å². The van der Waals surface area contributed by atoms with Gasteiger partial charge in [0.05, 0.1) is 48.8 Å². The van der Waals surface area contributed by atoms with Crippen LogP contribution in [0, 0.1) is 12.8 Å². The highest BCUT2D eigenvalue weighted by Gasteiger charge is 2.40. The predicted molar refractivity (Wildman–Crippen MR) is 148 cm³/mol. The van der Waals surface area contributed by atoms with Gasteiger partial charge in [-0.3, -0.25) is 10.1 Å². The first-order chi connectivity index (χ1) is 19.2. The highest BCUT2D eigenvalue weighted by atomic mass is 19.4. The monoisotopic (exact) mass is 554 g/mol. The quantitative estimate of drug-likeness (QED) is 0.266. The third-order valence-corrected chi connectivity index (χ3v) is 7.50. The van der Waals surface area contributed by atoms with Crippen molar-refractivity contribution in [2.45, 2.75) is 32.4 Å². The Balaban J connectivity index is 1.41. The number of benzene rings is 2. The van der Waals surface area contributed by atoms with Crippen LogP contribution in [0.15, 0.2) is 48.8 Å². The van der Waals surface area contributed by atoms with Gasteiger partial charge in [-0.2, -0.15) is 18.3 Å². The summed E-state index contributed by atoms with van der Waals surface area (Å²) in [7, 11) is 3.22. The van der Waals surface area contributed by atoms with E-state index in [2.05, 4.69) is 25.0 Å². The molecule has 0 spiro atoms. The minimum absolute atomic E-state index is 0.155. The molecule has 0 aliphatic carbocycles. The minimum atomic E-state index is -4.11. The SMILES string of the molecule is COc1cc(OC)cc(N(CCCN2CCC(C(F)(F)F)CC2)c2ccc3ncc(-c4c[nH]nc4C)nc3c2)c1. The average molecular weight is 555 g/mol. The van der Waals surface area contributed by atoms with Gasteiger partial charge < -0.3 is 19.3 Å². The number of hydrogen-bond acceptors (Lipinski definition) is 7. The number of nitrogens with zero attached hydrogens (tertiary/aromatic N) is 5. The van der Waals surface area contributed by atoms with Gasteiger partial charge in [-0.15, -0.1) is 0 Å². The number of aryl methyl sites for hydroxylation is 1. The Morgan fingerprint density at radius 1 is 1.00 bits per heavy atom. The molecule has 1 aliphatic heterocycles. The molecule has 1 N–H and O–H groups in total. The van der Waals surface area contributed by atoms with Crippen LogP contribution in [0.2, 0.25) is 0 Å². The van der Waals surface area contributed by atoms with E-state index in [1.54, 1.807) is 26.6 Å². The number of methoxy groups -OCH3 is 2. The van der Waals surface area contributed by atoms with Crippen LogP contribution in [-0.4, -0.2) is 71.6 Å². The van der Waals surface area contributed by atoms with E-state index in [1.807, 2.05) is 43.3 Å². The van der Waals surface area contributed by atoms with Crippen LogP contribution in [0.25, 0.3) is 22.3 Å². The van der Waals surface area contributed by atoms with Gasteiger partial charge in [0.1, 0.15) is 11.5 Å². The van der Waals surface area contributed by atoms with Gasteiger partial charge in [0.15, 0.2) is 0 Å². The van der Waals surface area contributed by atoms with Crippen LogP contribution >= 0.6 is 0 Å². The van der Waals surface area contributed by atoms with E-state index in [0.29, 0.717) is 37.7 Å². The number of halogens is 3. The van der Waals surface area contributed by atoms with Gasteiger partial charge in [0.2, 0.25) is 0 Å². The van der Waals surface area contributed by atoms with Crippen molar-refractivity contribution in [3.63, 3.8) is 0 Å². The molecule has 0 atom stereocenters. The minimum Gasteiger partial charge on any atom is -0.497 e. The highest BCUT2D eigenvalue weighted by Crippen LogP contribution is 2.36. The second kappa shape index (κ2) is 11.7. The summed E-state index contributed by atoms with van der Waals surface area (Å²) in [4.78, 5) is 13.7. The molecule has 212 valence electrons. The van der Waals surface area contributed by atoms with E-state index < -0.39 is 12.1 Å². The molecule has 1 saturated heterocycles. The molecule has 0 unspecified atom stereocenters. The largest absolute Gasteiger partial charge is 0.497 e. The van der Waals surface area contributed by atoms with Crippen LogP contribution in [-0.2, 0) is 0 Å². The predicted octanol–water partition coefficient (Wildman–Crippen LogP) is 6.15. The van der Waals surface area contributed by atoms with E-state index in [0.717, 1.165) is 45.8 Å². The number of likely N-dealkylation sites (tertiary alicyclic amines) is 1. The molecule has 1 fully saturated rings. The molecule has 0 amide bonds. The maximum Gasteiger partial charge on any atom is 0.391 e. The molecule has 11 heteroatoms. The first-order valence-electron chi connectivity index (χ1n) is 13.3. The molecule has 40 heavy (non-hydrogen) atoms. The van der Waals surface area contributed by atoms with Crippen molar-refractivity contribution >= 4 is 22.4 Å². The molecule has 4 aromatic rings. The van der Waals surface area contributed by atoms with Crippen LogP contribution in [0.5, 0.6) is 11.5 Å². The van der Waals surface area contributed by atoms with Gasteiger partial charge in [0, 0.05) is 47.9 Å². The van der Waals surface area contributed by atoms with Crippen LogP contribution in [0.1, 0.15) is 25.0 Å². The van der Waals surface area contributed by atoms with Crippen molar-refractivity contribution in [2.75, 3.05) is 45.3 Å². The van der Waals surface area contributed by atoms with Gasteiger partial charge in [0.25, 0.3) is 0 Å². The Bertz CT molecular complexity index is 1430. The van der Waals surface area contributed by atoms with Gasteiger partial charge in [-0.1, -0.05) is 0 Å². The third kappa shape index (κ3) is 6.14. The summed E-state index contributed by atoms with van der Waals surface area (Å²) in [5.41, 5.74) is 5.76. The Morgan fingerprint density at radius 3 is 2.35 bits per heavy atom. The number of fused-ring (bicyclic) bond motifs is 1. The van der Waals surface area contributed by atoms with Gasteiger partial charge in [-0.05, 0) is 64.0 Å². The number of aromatic nitrogens is 4. The summed E-state index contributed by atoms with van der Waals surface area (Å²) in [5.74, 6) is 0.123. The number of ether oxygens (including phenoxy) is 2. The standard InChI is InChI=1S/C29H33F3N6O2/c1-19-25(17-34-36-19)28-18-33-26-6-5-21(15-27(26)35-28)38(22-13-23(39-2)16-24(14-22)40-3)10-4-9-37-11-7-20(8-12-37)29(30,31)32/h5-6,13-18,20H,4,7-12H2,1-3H3,(H,34,36). The molecule has 0 bridgehead atoms. The van der Waals surface area contributed by atoms with Gasteiger partial charge >= 0.3 is 6.18 Å². The Hall–Kier alpha value is -3.86. The molecule has 0 radical (unpaired) electrons. The van der Waals surface area contributed by atoms with Crippen molar-refractivity contribution in [1.29, 1.82) is 0 Å². The number of hydrogen-bond donors (Lipinski definition) is 1. The topological polar surface area (TPSA) is 79.4 Å². The maximum absolute atomic E-state index is 13.1. The fraction of sp³-hybridized carbons (Fsp3) is 0.414.